The van der Waals surface area contributed by atoms with Gasteiger partial charge in [-0.2, -0.15) is 0 Å². The summed E-state index contributed by atoms with van der Waals surface area (Å²) in [6.45, 7) is 11.1. The van der Waals surface area contributed by atoms with Crippen LogP contribution < -0.4 is 10.6 Å². The fourth-order valence-electron chi connectivity index (χ4n) is 1.71. The van der Waals surface area contributed by atoms with E-state index < -0.39 is 0 Å². The first-order chi connectivity index (χ1) is 9.22. The fourth-order valence-corrected chi connectivity index (χ4v) is 1.71. The third-order valence-electron chi connectivity index (χ3n) is 3.13. The van der Waals surface area contributed by atoms with Gasteiger partial charge in [-0.05, 0) is 44.4 Å². The second-order valence-electron chi connectivity index (χ2n) is 5.74. The minimum atomic E-state index is 0.728. The summed E-state index contributed by atoms with van der Waals surface area (Å²) < 4.78 is 5.60. The van der Waals surface area contributed by atoms with Crippen molar-refractivity contribution in [3.8, 4) is 0 Å². The summed E-state index contributed by atoms with van der Waals surface area (Å²) in [7, 11) is 0. The van der Waals surface area contributed by atoms with Crippen molar-refractivity contribution in [2.24, 2.45) is 16.8 Å². The Labute approximate surface area is 118 Å². The first kappa shape index (κ1) is 16.3. The highest BCUT2D eigenvalue weighted by Crippen LogP contribution is 2.28. The lowest BCUT2D eigenvalue weighted by molar-refractivity contribution is 0.123. The molecule has 0 heterocycles. The maximum atomic E-state index is 5.60. The molecule has 0 aromatic carbocycles. The van der Waals surface area contributed by atoms with Crippen LogP contribution in [0.25, 0.3) is 0 Å². The van der Waals surface area contributed by atoms with Crippen molar-refractivity contribution in [2.75, 3.05) is 32.8 Å². The summed E-state index contributed by atoms with van der Waals surface area (Å²) in [5, 5.41) is 6.64. The number of ether oxygens (including phenoxy) is 1. The molecule has 0 bridgehead atoms. The quantitative estimate of drug-likeness (QED) is 0.364. The van der Waals surface area contributed by atoms with Crippen LogP contribution in [-0.2, 0) is 4.74 Å². The van der Waals surface area contributed by atoms with Crippen LogP contribution in [0.15, 0.2) is 4.99 Å². The van der Waals surface area contributed by atoms with Gasteiger partial charge < -0.3 is 15.4 Å². The van der Waals surface area contributed by atoms with Gasteiger partial charge in [-0.1, -0.05) is 13.8 Å². The van der Waals surface area contributed by atoms with Crippen molar-refractivity contribution in [3.05, 3.63) is 0 Å². The topological polar surface area (TPSA) is 45.7 Å². The Balaban J connectivity index is 2.04. The molecule has 0 aromatic rings. The molecule has 1 fully saturated rings. The van der Waals surface area contributed by atoms with Crippen LogP contribution in [0.4, 0.5) is 0 Å². The predicted molar refractivity (Wildman–Crippen MR) is 81.6 cm³/mol. The number of nitrogens with one attached hydrogen (secondary N) is 2. The molecule has 0 aliphatic heterocycles. The third-order valence-corrected chi connectivity index (χ3v) is 3.13. The molecule has 0 atom stereocenters. The summed E-state index contributed by atoms with van der Waals surface area (Å²) in [5.41, 5.74) is 0. The van der Waals surface area contributed by atoms with Crippen LogP contribution >= 0.6 is 0 Å². The fraction of sp³-hybridized carbons (Fsp3) is 0.933. The standard InChI is InChI=1S/C15H31N3O/c1-4-16-15(18-10-8-13(2)3)17-9-5-11-19-12-14-6-7-14/h13-14H,4-12H2,1-3H3,(H2,16,17,18). The molecular formula is C15H31N3O. The van der Waals surface area contributed by atoms with E-state index in [2.05, 4.69) is 36.4 Å². The second-order valence-corrected chi connectivity index (χ2v) is 5.74. The summed E-state index contributed by atoms with van der Waals surface area (Å²) in [6, 6.07) is 0. The van der Waals surface area contributed by atoms with E-state index in [4.69, 9.17) is 4.74 Å². The average molecular weight is 269 g/mol. The van der Waals surface area contributed by atoms with Crippen LogP contribution in [0, 0.1) is 11.8 Å². The maximum Gasteiger partial charge on any atom is 0.191 e. The van der Waals surface area contributed by atoms with Crippen molar-refractivity contribution in [2.45, 2.75) is 46.5 Å². The first-order valence-electron chi connectivity index (χ1n) is 7.82. The Morgan fingerprint density at radius 2 is 2.11 bits per heavy atom. The van der Waals surface area contributed by atoms with Crippen LogP contribution in [0.3, 0.4) is 0 Å². The molecule has 1 rings (SSSR count). The molecule has 1 aliphatic carbocycles. The zero-order valence-corrected chi connectivity index (χ0v) is 12.9. The Kier molecular flexibility index (Phi) is 8.63. The Morgan fingerprint density at radius 3 is 2.74 bits per heavy atom. The van der Waals surface area contributed by atoms with E-state index in [0.29, 0.717) is 0 Å². The van der Waals surface area contributed by atoms with Crippen LogP contribution in [0.1, 0.15) is 46.5 Å². The van der Waals surface area contributed by atoms with Gasteiger partial charge in [0.25, 0.3) is 0 Å². The Bertz CT molecular complexity index is 250. The molecule has 0 radical (unpaired) electrons. The lowest BCUT2D eigenvalue weighted by atomic mass is 10.1. The number of aliphatic imine (C=N–C) groups is 1. The molecule has 112 valence electrons. The van der Waals surface area contributed by atoms with Crippen LogP contribution in [0.2, 0.25) is 0 Å². The zero-order valence-electron chi connectivity index (χ0n) is 12.9. The smallest absolute Gasteiger partial charge is 0.191 e. The highest BCUT2D eigenvalue weighted by Gasteiger charge is 2.20. The summed E-state index contributed by atoms with van der Waals surface area (Å²) in [5.74, 6) is 2.52. The first-order valence-corrected chi connectivity index (χ1v) is 7.82. The lowest BCUT2D eigenvalue weighted by Crippen LogP contribution is -2.38. The van der Waals surface area contributed by atoms with Gasteiger partial charge in [0, 0.05) is 32.8 Å². The molecule has 0 unspecified atom stereocenters. The number of guanidine groups is 1. The molecule has 4 nitrogen and oxygen atoms in total. The lowest BCUT2D eigenvalue weighted by Gasteiger charge is -2.12. The number of rotatable bonds is 10. The van der Waals surface area contributed by atoms with Crippen molar-refractivity contribution < 1.29 is 4.74 Å². The van der Waals surface area contributed by atoms with Crippen molar-refractivity contribution >= 4 is 5.96 Å². The Hall–Kier alpha value is -0.770. The largest absolute Gasteiger partial charge is 0.381 e. The molecule has 0 aromatic heterocycles. The molecule has 4 heteroatoms. The molecule has 19 heavy (non-hydrogen) atoms. The van der Waals surface area contributed by atoms with Gasteiger partial charge in [-0.25, -0.2) is 0 Å². The van der Waals surface area contributed by atoms with E-state index in [0.717, 1.165) is 57.1 Å². The minimum absolute atomic E-state index is 0.728. The van der Waals surface area contributed by atoms with Gasteiger partial charge in [-0.15, -0.1) is 0 Å². The van der Waals surface area contributed by atoms with E-state index in [1.165, 1.54) is 19.3 Å². The molecule has 2 N–H and O–H groups in total. The highest BCUT2D eigenvalue weighted by atomic mass is 16.5. The van der Waals surface area contributed by atoms with Gasteiger partial charge >= 0.3 is 0 Å². The van der Waals surface area contributed by atoms with E-state index in [1.807, 2.05) is 0 Å². The molecule has 0 spiro atoms. The third kappa shape index (κ3) is 9.77. The van der Waals surface area contributed by atoms with E-state index in [9.17, 15) is 0 Å². The monoisotopic (exact) mass is 269 g/mol. The molecule has 0 saturated heterocycles. The average Bonchev–Trinajstić information content (AvgIpc) is 3.17. The summed E-state index contributed by atoms with van der Waals surface area (Å²) >= 11 is 0. The number of hydrogen-bond donors (Lipinski definition) is 2. The minimum Gasteiger partial charge on any atom is -0.381 e. The summed E-state index contributed by atoms with van der Waals surface area (Å²) in [6.07, 6.45) is 4.91. The normalized spacial score (nSPS) is 15.9. The summed E-state index contributed by atoms with van der Waals surface area (Å²) in [4.78, 5) is 4.56. The van der Waals surface area contributed by atoms with E-state index >= 15 is 0 Å². The van der Waals surface area contributed by atoms with Crippen molar-refractivity contribution in [3.63, 3.8) is 0 Å². The molecule has 0 amide bonds. The maximum absolute atomic E-state index is 5.60. The van der Waals surface area contributed by atoms with Gasteiger partial charge in [-0.3, -0.25) is 4.99 Å². The van der Waals surface area contributed by atoms with Crippen LogP contribution in [-0.4, -0.2) is 38.8 Å². The van der Waals surface area contributed by atoms with Crippen molar-refractivity contribution in [1.82, 2.24) is 10.6 Å². The number of hydrogen-bond acceptors (Lipinski definition) is 2. The van der Waals surface area contributed by atoms with E-state index in [-0.39, 0.29) is 0 Å². The zero-order chi connectivity index (χ0) is 13.9. The van der Waals surface area contributed by atoms with Crippen molar-refractivity contribution in [1.29, 1.82) is 0 Å². The molecule has 1 saturated carbocycles. The Morgan fingerprint density at radius 1 is 1.32 bits per heavy atom. The van der Waals surface area contributed by atoms with Gasteiger partial charge in [0.1, 0.15) is 0 Å². The molecule has 1 aliphatic rings. The van der Waals surface area contributed by atoms with E-state index in [1.54, 1.807) is 0 Å². The van der Waals surface area contributed by atoms with Gasteiger partial charge in [0.2, 0.25) is 0 Å². The predicted octanol–water partition coefficient (Wildman–Crippen LogP) is 2.40. The van der Waals surface area contributed by atoms with Crippen LogP contribution in [0.5, 0.6) is 0 Å². The van der Waals surface area contributed by atoms with Gasteiger partial charge in [0.05, 0.1) is 0 Å². The van der Waals surface area contributed by atoms with Gasteiger partial charge in [0.15, 0.2) is 5.96 Å². The second kappa shape index (κ2) is 10.1. The highest BCUT2D eigenvalue weighted by molar-refractivity contribution is 5.79. The number of nitrogens with zero attached hydrogens (tertiary/aromatic N) is 1. The molecular weight excluding hydrogens is 238 g/mol. The SMILES string of the molecule is CCNC(=NCCCOCC1CC1)NCCC(C)C.